The van der Waals surface area contributed by atoms with Gasteiger partial charge in [0, 0.05) is 12.3 Å². The maximum Gasteiger partial charge on any atom is 0.306 e. The zero-order valence-electron chi connectivity index (χ0n) is 10.2. The number of nitro groups is 1. The molecule has 0 bridgehead atoms. The normalized spacial score (nSPS) is 11.1. The summed E-state index contributed by atoms with van der Waals surface area (Å²) in [5.74, 6) is -1.11. The topological polar surface area (TPSA) is 102 Å². The minimum Gasteiger partial charge on any atom is -0.277 e. The molecule has 0 saturated heterocycles. The Morgan fingerprint density at radius 3 is 2.67 bits per heavy atom. The lowest BCUT2D eigenvalue weighted by Gasteiger charge is -2.09. The minimum atomic E-state index is -4.10. The summed E-state index contributed by atoms with van der Waals surface area (Å²) in [7, 11) is -4.10. The molecule has 0 amide bonds. The standard InChI is InChI=1S/C11H7BrFN3O4S/c12-11-9(2-1-5-14-11)15-21(19,20)7-3-4-8(13)10(6-7)16(17)18/h1-6,15H. The van der Waals surface area contributed by atoms with Crippen LogP contribution in [0.1, 0.15) is 0 Å². The third-order valence-corrected chi connectivity index (χ3v) is 4.42. The highest BCUT2D eigenvalue weighted by atomic mass is 79.9. The van der Waals surface area contributed by atoms with E-state index in [1.54, 1.807) is 0 Å². The molecule has 0 unspecified atom stereocenters. The van der Waals surface area contributed by atoms with Crippen LogP contribution in [0.15, 0.2) is 46.0 Å². The summed E-state index contributed by atoms with van der Waals surface area (Å²) in [4.78, 5) is 13.1. The van der Waals surface area contributed by atoms with Crippen LogP contribution in [0.3, 0.4) is 0 Å². The first kappa shape index (κ1) is 15.3. The molecule has 0 aliphatic rings. The van der Waals surface area contributed by atoms with Gasteiger partial charge in [0.2, 0.25) is 5.82 Å². The molecule has 7 nitrogen and oxygen atoms in total. The lowest BCUT2D eigenvalue weighted by molar-refractivity contribution is -0.387. The van der Waals surface area contributed by atoms with Gasteiger partial charge in [-0.3, -0.25) is 14.8 Å². The molecule has 0 saturated carbocycles. The smallest absolute Gasteiger partial charge is 0.277 e. The number of aromatic nitrogens is 1. The van der Waals surface area contributed by atoms with E-state index in [1.165, 1.54) is 18.3 Å². The van der Waals surface area contributed by atoms with E-state index in [-0.39, 0.29) is 10.3 Å². The van der Waals surface area contributed by atoms with Gasteiger partial charge in [-0.25, -0.2) is 13.4 Å². The maximum absolute atomic E-state index is 13.2. The first-order valence-electron chi connectivity index (χ1n) is 5.38. The summed E-state index contributed by atoms with van der Waals surface area (Å²) in [6.45, 7) is 0. The predicted molar refractivity (Wildman–Crippen MR) is 75.8 cm³/mol. The molecule has 10 heteroatoms. The number of rotatable bonds is 4. The summed E-state index contributed by atoms with van der Waals surface area (Å²) in [5, 5.41) is 10.6. The van der Waals surface area contributed by atoms with Crippen molar-refractivity contribution >= 4 is 37.3 Å². The van der Waals surface area contributed by atoms with E-state index in [0.29, 0.717) is 6.07 Å². The molecule has 1 aromatic carbocycles. The van der Waals surface area contributed by atoms with Gasteiger partial charge in [0.1, 0.15) is 4.60 Å². The molecule has 2 rings (SSSR count). The van der Waals surface area contributed by atoms with Gasteiger partial charge >= 0.3 is 5.69 Å². The Bertz CT molecular complexity index is 813. The van der Waals surface area contributed by atoms with Crippen LogP contribution in [0, 0.1) is 15.9 Å². The van der Waals surface area contributed by atoms with Gasteiger partial charge in [-0.15, -0.1) is 0 Å². The van der Waals surface area contributed by atoms with Crippen LogP contribution in [-0.4, -0.2) is 18.3 Å². The van der Waals surface area contributed by atoms with Crippen LogP contribution in [0.2, 0.25) is 0 Å². The molecule has 110 valence electrons. The largest absolute Gasteiger partial charge is 0.306 e. The third-order valence-electron chi connectivity index (χ3n) is 2.43. The fraction of sp³-hybridized carbons (Fsp3) is 0. The van der Waals surface area contributed by atoms with Gasteiger partial charge < -0.3 is 0 Å². The summed E-state index contributed by atoms with van der Waals surface area (Å²) in [6.07, 6.45) is 1.45. The number of nitrogens with zero attached hydrogens (tertiary/aromatic N) is 2. The number of anilines is 1. The Balaban J connectivity index is 2.43. The zero-order valence-corrected chi connectivity index (χ0v) is 12.6. The molecule has 0 spiro atoms. The summed E-state index contributed by atoms with van der Waals surface area (Å²) in [5.41, 5.74) is -0.757. The van der Waals surface area contributed by atoms with Crippen molar-refractivity contribution in [2.45, 2.75) is 4.90 Å². The van der Waals surface area contributed by atoms with Gasteiger partial charge in [0.25, 0.3) is 10.0 Å². The molecular weight excluding hydrogens is 369 g/mol. The second kappa shape index (κ2) is 5.74. The number of nitrogens with one attached hydrogen (secondary N) is 1. The summed E-state index contributed by atoms with van der Waals surface area (Å²) >= 11 is 3.06. The Kier molecular flexibility index (Phi) is 4.19. The van der Waals surface area contributed by atoms with E-state index < -0.39 is 31.3 Å². The van der Waals surface area contributed by atoms with Crippen molar-refractivity contribution in [3.63, 3.8) is 0 Å². The highest BCUT2D eigenvalue weighted by Crippen LogP contribution is 2.25. The van der Waals surface area contributed by atoms with Crippen LogP contribution >= 0.6 is 15.9 Å². The fourth-order valence-electron chi connectivity index (χ4n) is 1.47. The van der Waals surface area contributed by atoms with Crippen molar-refractivity contribution in [2.24, 2.45) is 0 Å². The third kappa shape index (κ3) is 3.34. The van der Waals surface area contributed by atoms with Gasteiger partial charge in [0.05, 0.1) is 15.5 Å². The number of halogens is 2. The van der Waals surface area contributed by atoms with E-state index in [1.807, 2.05) is 0 Å². The number of nitro benzene ring substituents is 1. The Hall–Kier alpha value is -2.07. The van der Waals surface area contributed by atoms with E-state index >= 15 is 0 Å². The van der Waals surface area contributed by atoms with Gasteiger partial charge in [-0.1, -0.05) is 0 Å². The van der Waals surface area contributed by atoms with E-state index in [9.17, 15) is 22.9 Å². The molecule has 0 aliphatic heterocycles. The quantitative estimate of drug-likeness (QED) is 0.502. The van der Waals surface area contributed by atoms with Gasteiger partial charge in [-0.05, 0) is 40.2 Å². The molecule has 2 aromatic rings. The first-order chi connectivity index (χ1) is 9.81. The molecule has 0 atom stereocenters. The lowest BCUT2D eigenvalue weighted by atomic mass is 10.3. The van der Waals surface area contributed by atoms with Crippen molar-refractivity contribution in [1.82, 2.24) is 4.98 Å². The molecule has 1 N–H and O–H groups in total. The number of sulfonamides is 1. The second-order valence-electron chi connectivity index (χ2n) is 3.82. The highest BCUT2D eigenvalue weighted by molar-refractivity contribution is 9.10. The molecule has 0 radical (unpaired) electrons. The highest BCUT2D eigenvalue weighted by Gasteiger charge is 2.22. The van der Waals surface area contributed by atoms with Gasteiger partial charge in [-0.2, -0.15) is 4.39 Å². The molecule has 0 fully saturated rings. The van der Waals surface area contributed by atoms with Crippen LogP contribution in [0.5, 0.6) is 0 Å². The van der Waals surface area contributed by atoms with Crippen molar-refractivity contribution in [3.8, 4) is 0 Å². The first-order valence-corrected chi connectivity index (χ1v) is 7.66. The van der Waals surface area contributed by atoms with Crippen LogP contribution in [-0.2, 0) is 10.0 Å². The van der Waals surface area contributed by atoms with Crippen molar-refractivity contribution in [3.05, 3.63) is 57.1 Å². The average molecular weight is 376 g/mol. The Labute approximate surface area is 127 Å². The number of pyridine rings is 1. The van der Waals surface area contributed by atoms with Crippen LogP contribution in [0.4, 0.5) is 15.8 Å². The number of benzene rings is 1. The molecule has 21 heavy (non-hydrogen) atoms. The molecular formula is C11H7BrFN3O4S. The van der Waals surface area contributed by atoms with Crippen molar-refractivity contribution in [2.75, 3.05) is 4.72 Å². The lowest BCUT2D eigenvalue weighted by Crippen LogP contribution is -2.14. The monoisotopic (exact) mass is 375 g/mol. The van der Waals surface area contributed by atoms with Crippen LogP contribution < -0.4 is 4.72 Å². The molecule has 1 heterocycles. The number of hydrogen-bond acceptors (Lipinski definition) is 5. The summed E-state index contributed by atoms with van der Waals surface area (Å²) < 4.78 is 40.0. The average Bonchev–Trinajstić information content (AvgIpc) is 2.41. The Morgan fingerprint density at radius 1 is 1.33 bits per heavy atom. The maximum atomic E-state index is 13.2. The molecule has 0 aliphatic carbocycles. The van der Waals surface area contributed by atoms with E-state index in [0.717, 1.165) is 12.1 Å². The fourth-order valence-corrected chi connectivity index (χ4v) is 3.03. The van der Waals surface area contributed by atoms with Crippen molar-refractivity contribution < 1.29 is 17.7 Å². The van der Waals surface area contributed by atoms with Crippen LogP contribution in [0.25, 0.3) is 0 Å². The van der Waals surface area contributed by atoms with Gasteiger partial charge in [0.15, 0.2) is 0 Å². The number of hydrogen-bond donors (Lipinski definition) is 1. The zero-order chi connectivity index (χ0) is 15.6. The Morgan fingerprint density at radius 2 is 2.05 bits per heavy atom. The van der Waals surface area contributed by atoms with E-state index in [4.69, 9.17) is 0 Å². The SMILES string of the molecule is O=[N+]([O-])c1cc(S(=O)(=O)Nc2cccnc2Br)ccc1F. The van der Waals surface area contributed by atoms with E-state index in [2.05, 4.69) is 25.6 Å². The van der Waals surface area contributed by atoms with Crippen molar-refractivity contribution in [1.29, 1.82) is 0 Å². The predicted octanol–water partition coefficient (Wildman–Crippen LogP) is 2.69. The second-order valence-corrected chi connectivity index (χ2v) is 6.25. The minimum absolute atomic E-state index is 0.157. The molecule has 1 aromatic heterocycles. The summed E-state index contributed by atoms with van der Waals surface area (Å²) in [6, 6.07) is 5.28.